The zero-order valence-corrected chi connectivity index (χ0v) is 11.9. The van der Waals surface area contributed by atoms with Crippen LogP contribution in [0.5, 0.6) is 0 Å². The Kier molecular flexibility index (Phi) is 3.80. The largest absolute Gasteiger partial charge is 0.335 e. The molecule has 1 aromatic rings. The van der Waals surface area contributed by atoms with Crippen molar-refractivity contribution < 1.29 is 13.6 Å². The van der Waals surface area contributed by atoms with Crippen LogP contribution in [0.25, 0.3) is 0 Å². The average Bonchev–Trinajstić information content (AvgIpc) is 2.64. The monoisotopic (exact) mass is 295 g/mol. The van der Waals surface area contributed by atoms with Crippen LogP contribution in [-0.2, 0) is 0 Å². The first-order chi connectivity index (χ1) is 10.0. The lowest BCUT2D eigenvalue weighted by atomic mass is 9.98. The van der Waals surface area contributed by atoms with Crippen molar-refractivity contribution in [3.8, 4) is 0 Å². The summed E-state index contributed by atoms with van der Waals surface area (Å²) < 4.78 is 26.3. The number of benzene rings is 1. The molecular formula is C15H19F2N3O. The Bertz CT molecular complexity index is 538. The van der Waals surface area contributed by atoms with Crippen LogP contribution >= 0.6 is 0 Å². The maximum absolute atomic E-state index is 13.5. The van der Waals surface area contributed by atoms with E-state index >= 15 is 0 Å². The molecule has 6 heteroatoms. The molecule has 3 rings (SSSR count). The number of carbonyl (C=O) groups is 1. The Labute approximate surface area is 122 Å². The number of hydrogen-bond acceptors (Lipinski definition) is 2. The number of urea groups is 1. The molecule has 4 nitrogen and oxygen atoms in total. The summed E-state index contributed by atoms with van der Waals surface area (Å²) in [6, 6.07) is 3.83. The fraction of sp³-hybridized carbons (Fsp3) is 0.533. The van der Waals surface area contributed by atoms with Gasteiger partial charge in [0.05, 0.1) is 5.69 Å². The first-order valence-electron chi connectivity index (χ1n) is 7.27. The first kappa shape index (κ1) is 14.3. The van der Waals surface area contributed by atoms with E-state index in [0.29, 0.717) is 12.1 Å². The maximum atomic E-state index is 13.5. The van der Waals surface area contributed by atoms with Crippen LogP contribution < -0.4 is 10.6 Å². The van der Waals surface area contributed by atoms with Gasteiger partial charge in [-0.3, -0.25) is 0 Å². The van der Waals surface area contributed by atoms with E-state index in [-0.39, 0.29) is 11.7 Å². The predicted molar refractivity (Wildman–Crippen MR) is 76.1 cm³/mol. The number of rotatable bonds is 2. The third-order valence-electron chi connectivity index (χ3n) is 4.61. The van der Waals surface area contributed by atoms with E-state index in [1.54, 1.807) is 0 Å². The summed E-state index contributed by atoms with van der Waals surface area (Å²) in [6.07, 6.45) is 4.19. The Morgan fingerprint density at radius 2 is 1.90 bits per heavy atom. The van der Waals surface area contributed by atoms with Crippen molar-refractivity contribution in [2.24, 2.45) is 0 Å². The van der Waals surface area contributed by atoms with E-state index < -0.39 is 17.7 Å². The number of piperidine rings is 1. The Hall–Kier alpha value is -1.69. The molecule has 1 aromatic carbocycles. The highest BCUT2D eigenvalue weighted by Crippen LogP contribution is 2.34. The maximum Gasteiger partial charge on any atom is 0.319 e. The minimum atomic E-state index is -0.770. The summed E-state index contributed by atoms with van der Waals surface area (Å²) in [5, 5.41) is 5.33. The fourth-order valence-electron chi connectivity index (χ4n) is 3.46. The molecule has 2 fully saturated rings. The molecule has 2 amide bonds. The lowest BCUT2D eigenvalue weighted by molar-refractivity contribution is 0.151. The molecule has 114 valence electrons. The number of fused-ring (bicyclic) bond motifs is 2. The van der Waals surface area contributed by atoms with Gasteiger partial charge in [-0.2, -0.15) is 0 Å². The molecule has 2 aliphatic rings. The van der Waals surface area contributed by atoms with E-state index in [1.165, 1.54) is 18.9 Å². The summed E-state index contributed by atoms with van der Waals surface area (Å²) in [5.74, 6) is -1.43. The van der Waals surface area contributed by atoms with Gasteiger partial charge in [-0.25, -0.2) is 13.6 Å². The number of nitrogens with zero attached hydrogens (tertiary/aromatic N) is 1. The molecule has 2 heterocycles. The van der Waals surface area contributed by atoms with Crippen molar-refractivity contribution in [3.63, 3.8) is 0 Å². The molecule has 0 unspecified atom stereocenters. The quantitative estimate of drug-likeness (QED) is 0.881. The third-order valence-corrected chi connectivity index (χ3v) is 4.61. The molecule has 0 aliphatic carbocycles. The molecule has 0 spiro atoms. The third kappa shape index (κ3) is 3.00. The molecule has 0 aromatic heterocycles. The number of carbonyl (C=O) groups excluding carboxylic acids is 1. The number of anilines is 1. The van der Waals surface area contributed by atoms with Gasteiger partial charge in [0, 0.05) is 24.2 Å². The Morgan fingerprint density at radius 3 is 2.52 bits per heavy atom. The van der Waals surface area contributed by atoms with Crippen molar-refractivity contribution >= 4 is 11.7 Å². The van der Waals surface area contributed by atoms with Crippen LogP contribution in [0.15, 0.2) is 18.2 Å². The van der Waals surface area contributed by atoms with Crippen LogP contribution in [0.2, 0.25) is 0 Å². The molecular weight excluding hydrogens is 276 g/mol. The van der Waals surface area contributed by atoms with Gasteiger partial charge in [0.15, 0.2) is 0 Å². The highest BCUT2D eigenvalue weighted by atomic mass is 19.1. The zero-order chi connectivity index (χ0) is 15.0. The number of hydrogen-bond donors (Lipinski definition) is 2. The number of halogens is 2. The van der Waals surface area contributed by atoms with E-state index in [4.69, 9.17) is 0 Å². The van der Waals surface area contributed by atoms with Crippen molar-refractivity contribution in [2.45, 2.75) is 43.8 Å². The lowest BCUT2D eigenvalue weighted by Crippen LogP contribution is -2.49. The van der Waals surface area contributed by atoms with Crippen molar-refractivity contribution in [1.82, 2.24) is 10.2 Å². The summed E-state index contributed by atoms with van der Waals surface area (Å²) in [6.45, 7) is 0. The van der Waals surface area contributed by atoms with Gasteiger partial charge in [-0.1, -0.05) is 0 Å². The second kappa shape index (κ2) is 5.60. The molecule has 2 saturated heterocycles. The van der Waals surface area contributed by atoms with Crippen molar-refractivity contribution in [2.75, 3.05) is 12.4 Å². The van der Waals surface area contributed by atoms with E-state index in [0.717, 1.165) is 25.0 Å². The highest BCUT2D eigenvalue weighted by Gasteiger charge is 2.38. The van der Waals surface area contributed by atoms with E-state index in [1.807, 2.05) is 0 Å². The molecule has 2 bridgehead atoms. The Morgan fingerprint density at radius 1 is 1.24 bits per heavy atom. The molecule has 0 saturated carbocycles. The minimum Gasteiger partial charge on any atom is -0.335 e. The molecule has 21 heavy (non-hydrogen) atoms. The lowest BCUT2D eigenvalue weighted by Gasteiger charge is -2.36. The molecule has 2 atom stereocenters. The van der Waals surface area contributed by atoms with Crippen molar-refractivity contribution in [1.29, 1.82) is 0 Å². The average molecular weight is 295 g/mol. The number of nitrogens with one attached hydrogen (secondary N) is 2. The summed E-state index contributed by atoms with van der Waals surface area (Å²) in [4.78, 5) is 14.3. The number of amides is 2. The van der Waals surface area contributed by atoms with Gasteiger partial charge in [0.2, 0.25) is 0 Å². The fourth-order valence-corrected chi connectivity index (χ4v) is 3.46. The van der Waals surface area contributed by atoms with Crippen molar-refractivity contribution in [3.05, 3.63) is 29.8 Å². The SMILES string of the molecule is CN1[C@@H]2CC[C@@H]1CC(NC(=O)Nc1ccc(F)cc1F)C2. The smallest absolute Gasteiger partial charge is 0.319 e. The first-order valence-corrected chi connectivity index (χ1v) is 7.27. The molecule has 2 aliphatic heterocycles. The van der Waals surface area contributed by atoms with Crippen LogP contribution in [0.4, 0.5) is 19.3 Å². The van der Waals surface area contributed by atoms with E-state index in [9.17, 15) is 13.6 Å². The van der Waals surface area contributed by atoms with Gasteiger partial charge in [-0.15, -0.1) is 0 Å². The van der Waals surface area contributed by atoms with Crippen LogP contribution in [-0.4, -0.2) is 36.1 Å². The second-order valence-corrected chi connectivity index (χ2v) is 5.94. The van der Waals surface area contributed by atoms with Gasteiger partial charge in [-0.05, 0) is 44.9 Å². The van der Waals surface area contributed by atoms with Gasteiger partial charge in [0.1, 0.15) is 11.6 Å². The molecule has 2 N–H and O–H groups in total. The van der Waals surface area contributed by atoms with Gasteiger partial charge >= 0.3 is 6.03 Å². The standard InChI is InChI=1S/C15H19F2N3O/c1-20-11-3-4-12(20)8-10(7-11)18-15(21)19-14-5-2-9(16)6-13(14)17/h2,5-6,10-12H,3-4,7-8H2,1H3,(H2,18,19,21)/t11-,12-/m1/s1. The summed E-state index contributed by atoms with van der Waals surface area (Å²) in [7, 11) is 2.13. The topological polar surface area (TPSA) is 44.4 Å². The van der Waals surface area contributed by atoms with Gasteiger partial charge < -0.3 is 15.5 Å². The Balaban J connectivity index is 1.57. The predicted octanol–water partition coefficient (Wildman–Crippen LogP) is 2.71. The van der Waals surface area contributed by atoms with Crippen LogP contribution in [0, 0.1) is 11.6 Å². The minimum absolute atomic E-state index is 0.00944. The normalized spacial score (nSPS) is 28.4. The van der Waals surface area contributed by atoms with Gasteiger partial charge in [0.25, 0.3) is 0 Å². The highest BCUT2D eigenvalue weighted by molar-refractivity contribution is 5.89. The van der Waals surface area contributed by atoms with Crippen LogP contribution in [0.3, 0.4) is 0 Å². The second-order valence-electron chi connectivity index (χ2n) is 5.94. The summed E-state index contributed by atoms with van der Waals surface area (Å²) >= 11 is 0. The summed E-state index contributed by atoms with van der Waals surface area (Å²) in [5.41, 5.74) is -0.00944. The van der Waals surface area contributed by atoms with E-state index in [2.05, 4.69) is 22.6 Å². The zero-order valence-electron chi connectivity index (χ0n) is 11.9. The molecule has 0 radical (unpaired) electrons. The van der Waals surface area contributed by atoms with Crippen LogP contribution in [0.1, 0.15) is 25.7 Å².